The number of rotatable bonds is 5. The highest BCUT2D eigenvalue weighted by Crippen LogP contribution is 2.32. The van der Waals surface area contributed by atoms with E-state index in [4.69, 9.17) is 16.3 Å². The molecule has 0 unspecified atom stereocenters. The minimum Gasteiger partial charge on any atom is -0.495 e. The maximum Gasteiger partial charge on any atom is 0.319 e. The van der Waals surface area contributed by atoms with Gasteiger partial charge in [0.2, 0.25) is 10.0 Å². The number of methoxy groups -OCH3 is 1. The Morgan fingerprint density at radius 3 is 2.59 bits per heavy atom. The molecule has 1 aliphatic heterocycles. The maximum atomic E-state index is 12.2. The summed E-state index contributed by atoms with van der Waals surface area (Å²) >= 11 is 5.84. The molecule has 0 radical (unpaired) electrons. The van der Waals surface area contributed by atoms with E-state index in [0.29, 0.717) is 41.7 Å². The zero-order valence-electron chi connectivity index (χ0n) is 14.7. The molecule has 1 saturated heterocycles. The van der Waals surface area contributed by atoms with Crippen LogP contribution in [-0.4, -0.2) is 33.9 Å². The van der Waals surface area contributed by atoms with Crippen molar-refractivity contribution in [2.45, 2.75) is 13.0 Å². The fourth-order valence-corrected chi connectivity index (χ4v) is 4.51. The molecule has 144 valence electrons. The highest BCUT2D eigenvalue weighted by atomic mass is 35.5. The first-order chi connectivity index (χ1) is 12.9. The van der Waals surface area contributed by atoms with E-state index in [-0.39, 0.29) is 5.75 Å². The molecule has 0 aliphatic carbocycles. The van der Waals surface area contributed by atoms with Crippen LogP contribution < -0.4 is 19.7 Å². The van der Waals surface area contributed by atoms with Crippen LogP contribution in [0, 0.1) is 0 Å². The Labute approximate surface area is 163 Å². The number of carbonyl (C=O) groups excluding carboxylic acids is 1. The SMILES string of the molecule is COc1ccc(N2CCCS2(=O)=O)cc1NC(=O)NCc1ccc(Cl)cc1. The number of nitrogens with zero attached hydrogens (tertiary/aromatic N) is 1. The normalized spacial score (nSPS) is 15.4. The molecule has 0 aromatic heterocycles. The van der Waals surface area contributed by atoms with Gasteiger partial charge in [-0.1, -0.05) is 23.7 Å². The first-order valence-corrected chi connectivity index (χ1v) is 10.4. The molecule has 7 nitrogen and oxygen atoms in total. The molecule has 1 heterocycles. The predicted octanol–water partition coefficient (Wildman–Crippen LogP) is 3.21. The second kappa shape index (κ2) is 8.06. The van der Waals surface area contributed by atoms with E-state index < -0.39 is 16.1 Å². The van der Waals surface area contributed by atoms with Crippen molar-refractivity contribution in [1.29, 1.82) is 0 Å². The Bertz CT molecular complexity index is 932. The van der Waals surface area contributed by atoms with Gasteiger partial charge in [0.15, 0.2) is 0 Å². The fourth-order valence-electron chi connectivity index (χ4n) is 2.83. The van der Waals surface area contributed by atoms with Gasteiger partial charge in [0.25, 0.3) is 0 Å². The van der Waals surface area contributed by atoms with E-state index in [0.717, 1.165) is 5.56 Å². The molecule has 2 amide bonds. The minimum atomic E-state index is -3.30. The van der Waals surface area contributed by atoms with Gasteiger partial charge in [0, 0.05) is 18.1 Å². The Morgan fingerprint density at radius 2 is 1.96 bits per heavy atom. The van der Waals surface area contributed by atoms with Gasteiger partial charge in [-0.05, 0) is 42.3 Å². The zero-order chi connectivity index (χ0) is 19.4. The van der Waals surface area contributed by atoms with Gasteiger partial charge in [-0.2, -0.15) is 0 Å². The number of ether oxygens (including phenoxy) is 1. The number of sulfonamides is 1. The summed E-state index contributed by atoms with van der Waals surface area (Å²) in [5, 5.41) is 6.08. The van der Waals surface area contributed by atoms with Crippen molar-refractivity contribution in [2.75, 3.05) is 29.0 Å². The molecule has 27 heavy (non-hydrogen) atoms. The molecule has 0 spiro atoms. The van der Waals surface area contributed by atoms with E-state index >= 15 is 0 Å². The molecule has 0 atom stereocenters. The van der Waals surface area contributed by atoms with Crippen molar-refractivity contribution in [3.8, 4) is 5.75 Å². The van der Waals surface area contributed by atoms with Crippen LogP contribution in [0.4, 0.5) is 16.2 Å². The lowest BCUT2D eigenvalue weighted by molar-refractivity contribution is 0.251. The molecule has 1 aliphatic rings. The van der Waals surface area contributed by atoms with Crippen LogP contribution in [-0.2, 0) is 16.6 Å². The van der Waals surface area contributed by atoms with Gasteiger partial charge in [-0.25, -0.2) is 13.2 Å². The summed E-state index contributed by atoms with van der Waals surface area (Å²) in [6.45, 7) is 0.752. The predicted molar refractivity (Wildman–Crippen MR) is 106 cm³/mol. The smallest absolute Gasteiger partial charge is 0.319 e. The van der Waals surface area contributed by atoms with Crippen molar-refractivity contribution in [3.63, 3.8) is 0 Å². The maximum absolute atomic E-state index is 12.2. The lowest BCUT2D eigenvalue weighted by Gasteiger charge is -2.19. The van der Waals surface area contributed by atoms with E-state index in [1.54, 1.807) is 30.3 Å². The van der Waals surface area contributed by atoms with Crippen LogP contribution >= 0.6 is 11.6 Å². The van der Waals surface area contributed by atoms with Gasteiger partial charge >= 0.3 is 6.03 Å². The van der Waals surface area contributed by atoms with Gasteiger partial charge in [-0.15, -0.1) is 0 Å². The molecule has 2 aromatic carbocycles. The minimum absolute atomic E-state index is 0.128. The van der Waals surface area contributed by atoms with Crippen molar-refractivity contribution < 1.29 is 17.9 Å². The number of hydrogen-bond acceptors (Lipinski definition) is 4. The number of amides is 2. The number of carbonyl (C=O) groups is 1. The molecule has 1 fully saturated rings. The summed E-state index contributed by atoms with van der Waals surface area (Å²) < 4.78 is 30.9. The lowest BCUT2D eigenvalue weighted by Crippen LogP contribution is -2.29. The number of benzene rings is 2. The number of nitrogens with one attached hydrogen (secondary N) is 2. The first kappa shape index (κ1) is 19.3. The number of urea groups is 1. The topological polar surface area (TPSA) is 87.7 Å². The average Bonchev–Trinajstić information content (AvgIpc) is 3.00. The average molecular weight is 410 g/mol. The summed E-state index contributed by atoms with van der Waals surface area (Å²) in [5.74, 6) is 0.570. The van der Waals surface area contributed by atoms with Crippen LogP contribution in [0.2, 0.25) is 5.02 Å². The third kappa shape index (κ3) is 4.64. The molecule has 2 aromatic rings. The van der Waals surface area contributed by atoms with Gasteiger partial charge in [-0.3, -0.25) is 4.31 Å². The van der Waals surface area contributed by atoms with Crippen LogP contribution in [0.15, 0.2) is 42.5 Å². The molecule has 2 N–H and O–H groups in total. The van der Waals surface area contributed by atoms with E-state index in [9.17, 15) is 13.2 Å². The lowest BCUT2D eigenvalue weighted by atomic mass is 10.2. The third-order valence-electron chi connectivity index (χ3n) is 4.18. The second-order valence-electron chi connectivity index (χ2n) is 6.06. The largest absolute Gasteiger partial charge is 0.495 e. The molecule has 0 saturated carbocycles. The van der Waals surface area contributed by atoms with Crippen LogP contribution in [0.25, 0.3) is 0 Å². The molecule has 0 bridgehead atoms. The second-order valence-corrected chi connectivity index (χ2v) is 8.51. The summed E-state index contributed by atoms with van der Waals surface area (Å²) in [5.41, 5.74) is 1.80. The monoisotopic (exact) mass is 409 g/mol. The Balaban J connectivity index is 1.71. The summed E-state index contributed by atoms with van der Waals surface area (Å²) in [6, 6.07) is 11.6. The Kier molecular flexibility index (Phi) is 5.76. The first-order valence-electron chi connectivity index (χ1n) is 8.37. The molecule has 9 heteroatoms. The third-order valence-corrected chi connectivity index (χ3v) is 6.31. The van der Waals surface area contributed by atoms with Crippen molar-refractivity contribution >= 4 is 39.0 Å². The van der Waals surface area contributed by atoms with Gasteiger partial charge in [0.05, 0.1) is 24.2 Å². The van der Waals surface area contributed by atoms with Gasteiger partial charge in [0.1, 0.15) is 5.75 Å². The van der Waals surface area contributed by atoms with E-state index in [1.165, 1.54) is 11.4 Å². The fraction of sp³-hybridized carbons (Fsp3) is 0.278. The number of anilines is 2. The van der Waals surface area contributed by atoms with Crippen LogP contribution in [0.3, 0.4) is 0 Å². The highest BCUT2D eigenvalue weighted by Gasteiger charge is 2.29. The zero-order valence-corrected chi connectivity index (χ0v) is 16.3. The van der Waals surface area contributed by atoms with E-state index in [1.807, 2.05) is 12.1 Å². The Hall–Kier alpha value is -2.45. The summed E-state index contributed by atoms with van der Waals surface area (Å²) in [6.07, 6.45) is 0.582. The van der Waals surface area contributed by atoms with Crippen molar-refractivity contribution in [3.05, 3.63) is 53.1 Å². The van der Waals surface area contributed by atoms with Crippen LogP contribution in [0.5, 0.6) is 5.75 Å². The van der Waals surface area contributed by atoms with Gasteiger partial charge < -0.3 is 15.4 Å². The Morgan fingerprint density at radius 1 is 1.22 bits per heavy atom. The van der Waals surface area contributed by atoms with Crippen molar-refractivity contribution in [1.82, 2.24) is 5.32 Å². The molecular formula is C18H20ClN3O4S. The number of hydrogen-bond donors (Lipinski definition) is 2. The van der Waals surface area contributed by atoms with Crippen molar-refractivity contribution in [2.24, 2.45) is 0 Å². The number of halogens is 1. The summed E-state index contributed by atoms with van der Waals surface area (Å²) in [7, 11) is -1.82. The van der Waals surface area contributed by atoms with Crippen LogP contribution in [0.1, 0.15) is 12.0 Å². The summed E-state index contributed by atoms with van der Waals surface area (Å²) in [4.78, 5) is 12.2. The quantitative estimate of drug-likeness (QED) is 0.793. The molecular weight excluding hydrogens is 390 g/mol. The standard InChI is InChI=1S/C18H20ClN3O4S/c1-26-17-8-7-15(22-9-2-10-27(22,24)25)11-16(17)21-18(23)20-12-13-3-5-14(19)6-4-13/h3-8,11H,2,9-10,12H2,1H3,(H2,20,21,23). The molecule has 3 rings (SSSR count). The van der Waals surface area contributed by atoms with E-state index in [2.05, 4.69) is 10.6 Å². The highest BCUT2D eigenvalue weighted by molar-refractivity contribution is 7.93.